The van der Waals surface area contributed by atoms with Gasteiger partial charge in [0.05, 0.1) is 0 Å². The monoisotopic (exact) mass is 300 g/mol. The first-order valence-corrected chi connectivity index (χ1v) is 8.60. The van der Waals surface area contributed by atoms with E-state index >= 15 is 0 Å². The molecule has 2 atom stereocenters. The van der Waals surface area contributed by atoms with E-state index in [0.717, 1.165) is 31.6 Å². The third kappa shape index (κ3) is 3.47. The molecule has 0 aromatic carbocycles. The second kappa shape index (κ2) is 6.80. The summed E-state index contributed by atoms with van der Waals surface area (Å²) in [4.78, 5) is 25.6. The molecule has 2 rings (SSSR count). The number of nitrogens with one attached hydrogen (secondary N) is 1. The molecule has 2 amide bonds. The number of hydrogen-bond acceptors (Lipinski definition) is 4. The lowest BCUT2D eigenvalue weighted by Gasteiger charge is -2.27. The molecule has 2 aliphatic rings. The number of thioether (sulfide) groups is 1. The van der Waals surface area contributed by atoms with Crippen LogP contribution in [-0.2, 0) is 9.59 Å². The third-order valence-electron chi connectivity index (χ3n) is 4.21. The van der Waals surface area contributed by atoms with Crippen LogP contribution in [-0.4, -0.2) is 58.1 Å². The van der Waals surface area contributed by atoms with Crippen molar-refractivity contribution < 1.29 is 14.7 Å². The third-order valence-corrected chi connectivity index (χ3v) is 5.38. The van der Waals surface area contributed by atoms with Crippen molar-refractivity contribution in [1.29, 1.82) is 0 Å². The van der Waals surface area contributed by atoms with Gasteiger partial charge in [-0.2, -0.15) is 11.8 Å². The Balaban J connectivity index is 1.76. The molecule has 5 nitrogen and oxygen atoms in total. The van der Waals surface area contributed by atoms with Crippen LogP contribution in [0.3, 0.4) is 0 Å². The van der Waals surface area contributed by atoms with Gasteiger partial charge >= 0.3 is 0 Å². The Labute approximate surface area is 124 Å². The van der Waals surface area contributed by atoms with Gasteiger partial charge in [0.2, 0.25) is 5.91 Å². The number of nitrogens with zero attached hydrogens (tertiary/aromatic N) is 1. The van der Waals surface area contributed by atoms with Crippen LogP contribution in [0.2, 0.25) is 0 Å². The normalized spacial score (nSPS) is 27.9. The Bertz CT molecular complexity index is 369. The second-order valence-corrected chi connectivity index (χ2v) is 6.74. The van der Waals surface area contributed by atoms with E-state index in [1.165, 1.54) is 0 Å². The molecule has 0 bridgehead atoms. The van der Waals surface area contributed by atoms with Crippen LogP contribution in [0, 0.1) is 0 Å². The number of amides is 2. The summed E-state index contributed by atoms with van der Waals surface area (Å²) >= 11 is 1.61. The molecule has 0 saturated carbocycles. The van der Waals surface area contributed by atoms with Crippen LogP contribution < -0.4 is 5.32 Å². The Kier molecular flexibility index (Phi) is 5.32. The van der Waals surface area contributed by atoms with Gasteiger partial charge in [0.15, 0.2) is 5.60 Å². The molecule has 0 aliphatic carbocycles. The predicted molar refractivity (Wildman–Crippen MR) is 79.5 cm³/mol. The lowest BCUT2D eigenvalue weighted by atomic mass is 10.0. The molecule has 0 aromatic rings. The lowest BCUT2D eigenvalue weighted by molar-refractivity contribution is -0.137. The van der Waals surface area contributed by atoms with Crippen LogP contribution in [0.25, 0.3) is 0 Å². The van der Waals surface area contributed by atoms with E-state index in [9.17, 15) is 14.7 Å². The quantitative estimate of drug-likeness (QED) is 0.760. The molecule has 2 fully saturated rings. The van der Waals surface area contributed by atoms with Gasteiger partial charge in [-0.25, -0.2) is 0 Å². The van der Waals surface area contributed by atoms with Gasteiger partial charge in [0.1, 0.15) is 0 Å². The highest BCUT2D eigenvalue weighted by molar-refractivity contribution is 7.99. The van der Waals surface area contributed by atoms with Gasteiger partial charge in [-0.1, -0.05) is 6.92 Å². The fourth-order valence-corrected chi connectivity index (χ4v) is 4.13. The molecule has 0 aromatic heterocycles. The molecule has 0 unspecified atom stereocenters. The van der Waals surface area contributed by atoms with Gasteiger partial charge < -0.3 is 15.3 Å². The number of carbonyl (C=O) groups is 2. The Morgan fingerprint density at radius 1 is 1.60 bits per heavy atom. The van der Waals surface area contributed by atoms with Crippen LogP contribution in [0.1, 0.15) is 39.0 Å². The van der Waals surface area contributed by atoms with E-state index in [-0.39, 0.29) is 17.9 Å². The van der Waals surface area contributed by atoms with Gasteiger partial charge in [0, 0.05) is 31.3 Å². The second-order valence-electron chi connectivity index (χ2n) is 5.63. The zero-order chi connectivity index (χ0) is 14.6. The molecule has 114 valence electrons. The number of hydrogen-bond donors (Lipinski definition) is 2. The van der Waals surface area contributed by atoms with Gasteiger partial charge in [-0.05, 0) is 31.4 Å². The highest BCUT2D eigenvalue weighted by Crippen LogP contribution is 2.27. The van der Waals surface area contributed by atoms with E-state index in [2.05, 4.69) is 12.2 Å². The molecule has 0 radical (unpaired) electrons. The minimum absolute atomic E-state index is 0.206. The summed E-state index contributed by atoms with van der Waals surface area (Å²) in [5.41, 5.74) is -1.18. The molecule has 2 saturated heterocycles. The first-order chi connectivity index (χ1) is 9.57. The Morgan fingerprint density at radius 3 is 2.95 bits per heavy atom. The van der Waals surface area contributed by atoms with E-state index in [1.807, 2.05) is 4.90 Å². The number of likely N-dealkylation sites (tertiary alicyclic amines) is 1. The smallest absolute Gasteiger partial charge is 0.252 e. The average Bonchev–Trinajstić information content (AvgIpc) is 3.05. The van der Waals surface area contributed by atoms with Crippen LogP contribution in [0.4, 0.5) is 0 Å². The SMILES string of the molecule is CC[C@@H](CCNC(=O)[C@@]1(O)CCSC1)N1CCCC1=O. The largest absolute Gasteiger partial charge is 0.379 e. The topological polar surface area (TPSA) is 69.6 Å². The fourth-order valence-electron chi connectivity index (χ4n) is 2.89. The van der Waals surface area contributed by atoms with Crippen molar-refractivity contribution in [3.05, 3.63) is 0 Å². The standard InChI is InChI=1S/C14H24N2O3S/c1-2-11(16-8-3-4-12(16)17)5-7-15-13(18)14(19)6-9-20-10-14/h11,19H,2-10H2,1H3,(H,15,18)/t11-,14+/m0/s1. The molecule has 2 N–H and O–H groups in total. The van der Waals surface area contributed by atoms with Gasteiger partial charge in [-0.15, -0.1) is 0 Å². The van der Waals surface area contributed by atoms with Gasteiger partial charge in [-0.3, -0.25) is 9.59 Å². The first kappa shape index (κ1) is 15.6. The maximum atomic E-state index is 12.0. The molecule has 0 spiro atoms. The molecule has 2 heterocycles. The number of carbonyl (C=O) groups excluding carboxylic acids is 2. The van der Waals surface area contributed by atoms with Gasteiger partial charge in [0.25, 0.3) is 5.91 Å². The summed E-state index contributed by atoms with van der Waals surface area (Å²) in [6.45, 7) is 3.43. The van der Waals surface area contributed by atoms with E-state index < -0.39 is 5.60 Å². The molecule has 20 heavy (non-hydrogen) atoms. The summed E-state index contributed by atoms with van der Waals surface area (Å²) in [6.07, 6.45) is 3.79. The lowest BCUT2D eigenvalue weighted by Crippen LogP contribution is -2.48. The van der Waals surface area contributed by atoms with Crippen LogP contribution >= 0.6 is 11.8 Å². The maximum absolute atomic E-state index is 12.0. The Hall–Kier alpha value is -0.750. The van der Waals surface area contributed by atoms with Crippen molar-refractivity contribution in [3.63, 3.8) is 0 Å². The maximum Gasteiger partial charge on any atom is 0.252 e. The molecular formula is C14H24N2O3S. The summed E-state index contributed by atoms with van der Waals surface area (Å²) in [7, 11) is 0. The minimum Gasteiger partial charge on any atom is -0.379 e. The van der Waals surface area contributed by atoms with Crippen molar-refractivity contribution in [2.45, 2.75) is 50.7 Å². The summed E-state index contributed by atoms with van der Waals surface area (Å²) in [5, 5.41) is 13.0. The summed E-state index contributed by atoms with van der Waals surface area (Å²) in [5.74, 6) is 1.30. The minimum atomic E-state index is -1.18. The number of rotatable bonds is 6. The van der Waals surface area contributed by atoms with E-state index in [0.29, 0.717) is 25.1 Å². The van der Waals surface area contributed by atoms with Crippen LogP contribution in [0.5, 0.6) is 0 Å². The van der Waals surface area contributed by atoms with Crippen molar-refractivity contribution >= 4 is 23.6 Å². The summed E-state index contributed by atoms with van der Waals surface area (Å²) < 4.78 is 0. The van der Waals surface area contributed by atoms with Crippen LogP contribution in [0.15, 0.2) is 0 Å². The highest BCUT2D eigenvalue weighted by atomic mass is 32.2. The zero-order valence-corrected chi connectivity index (χ0v) is 12.9. The first-order valence-electron chi connectivity index (χ1n) is 7.45. The van der Waals surface area contributed by atoms with E-state index in [4.69, 9.17) is 0 Å². The predicted octanol–water partition coefficient (Wildman–Crippen LogP) is 0.762. The van der Waals surface area contributed by atoms with Crippen molar-refractivity contribution in [1.82, 2.24) is 10.2 Å². The zero-order valence-electron chi connectivity index (χ0n) is 12.1. The number of aliphatic hydroxyl groups is 1. The fraction of sp³-hybridized carbons (Fsp3) is 0.857. The molecule has 6 heteroatoms. The summed E-state index contributed by atoms with van der Waals surface area (Å²) in [6, 6.07) is 0.206. The highest BCUT2D eigenvalue weighted by Gasteiger charge is 2.39. The van der Waals surface area contributed by atoms with Crippen molar-refractivity contribution in [3.8, 4) is 0 Å². The Morgan fingerprint density at radius 2 is 2.40 bits per heavy atom. The van der Waals surface area contributed by atoms with E-state index in [1.54, 1.807) is 11.8 Å². The van der Waals surface area contributed by atoms with Crippen molar-refractivity contribution in [2.75, 3.05) is 24.6 Å². The molecule has 2 aliphatic heterocycles. The molecular weight excluding hydrogens is 276 g/mol. The van der Waals surface area contributed by atoms with Crippen molar-refractivity contribution in [2.24, 2.45) is 0 Å². The average molecular weight is 300 g/mol.